The third-order valence-corrected chi connectivity index (χ3v) is 6.86. The first-order valence-electron chi connectivity index (χ1n) is 10.2. The molecule has 1 aromatic heterocycles. The van der Waals surface area contributed by atoms with Gasteiger partial charge in [0.15, 0.2) is 0 Å². The monoisotopic (exact) mass is 398 g/mol. The summed E-state index contributed by atoms with van der Waals surface area (Å²) in [5, 5.41) is 0.619. The molecule has 0 spiro atoms. The lowest BCUT2D eigenvalue weighted by Crippen LogP contribution is -2.45. The van der Waals surface area contributed by atoms with Crippen molar-refractivity contribution in [2.45, 2.75) is 70.6 Å². The van der Waals surface area contributed by atoms with Crippen LogP contribution in [0, 0.1) is 0 Å². The minimum atomic E-state index is -0.506. The largest absolute Gasteiger partial charge is 0.456 e. The number of anilines is 1. The van der Waals surface area contributed by atoms with E-state index < -0.39 is 5.60 Å². The molecule has 0 aliphatic carbocycles. The second-order valence-corrected chi connectivity index (χ2v) is 10.2. The number of carbonyl (C=O) groups excluding carboxylic acids is 1. The molecule has 2 aliphatic rings. The van der Waals surface area contributed by atoms with Crippen LogP contribution in [0.2, 0.25) is 0 Å². The van der Waals surface area contributed by atoms with Crippen molar-refractivity contribution in [1.29, 1.82) is 0 Å². The molecule has 4 rings (SSSR count). The van der Waals surface area contributed by atoms with Crippen LogP contribution in [0.3, 0.4) is 0 Å². The molecular formula is C23H30N2O2S. The number of nitrogen functional groups attached to an aromatic ring is 1. The third-order valence-electron chi connectivity index (χ3n) is 5.84. The lowest BCUT2D eigenvalue weighted by atomic mass is 9.81. The molecular weight excluding hydrogens is 368 g/mol. The average Bonchev–Trinajstić information content (AvgIpc) is 2.97. The highest BCUT2D eigenvalue weighted by atomic mass is 32.1. The van der Waals surface area contributed by atoms with Crippen molar-refractivity contribution in [3.05, 3.63) is 51.9 Å². The van der Waals surface area contributed by atoms with E-state index in [1.807, 2.05) is 20.8 Å². The van der Waals surface area contributed by atoms with Crippen molar-refractivity contribution in [2.24, 2.45) is 0 Å². The van der Waals surface area contributed by atoms with Crippen LogP contribution in [-0.2, 0) is 17.7 Å². The van der Waals surface area contributed by atoms with E-state index in [1.54, 1.807) is 11.3 Å². The summed E-state index contributed by atoms with van der Waals surface area (Å²) in [6.07, 6.45) is 4.61. The molecule has 2 aromatic rings. The van der Waals surface area contributed by atoms with Gasteiger partial charge in [-0.2, -0.15) is 0 Å². The topological polar surface area (TPSA) is 55.6 Å². The van der Waals surface area contributed by atoms with Gasteiger partial charge in [0, 0.05) is 24.0 Å². The van der Waals surface area contributed by atoms with Gasteiger partial charge in [0.1, 0.15) is 10.6 Å². The normalized spacial score (nSPS) is 23.9. The fourth-order valence-electron chi connectivity index (χ4n) is 4.62. The van der Waals surface area contributed by atoms with Crippen molar-refractivity contribution in [2.75, 3.05) is 12.3 Å². The lowest BCUT2D eigenvalue weighted by molar-refractivity contribution is 0.00672. The van der Waals surface area contributed by atoms with Gasteiger partial charge in [-0.15, -0.1) is 11.3 Å². The van der Waals surface area contributed by atoms with Gasteiger partial charge in [-0.25, -0.2) is 4.79 Å². The maximum Gasteiger partial charge on any atom is 0.341 e. The number of hydrogen-bond donors (Lipinski definition) is 1. The zero-order chi connectivity index (χ0) is 19.9. The summed E-state index contributed by atoms with van der Waals surface area (Å²) in [5.74, 6) is 0.134. The highest BCUT2D eigenvalue weighted by Gasteiger charge is 2.39. The zero-order valence-corrected chi connectivity index (χ0v) is 17.8. The predicted octanol–water partition coefficient (Wildman–Crippen LogP) is 4.98. The fourth-order valence-corrected chi connectivity index (χ4v) is 5.79. The van der Waals surface area contributed by atoms with Crippen LogP contribution >= 0.6 is 11.3 Å². The minimum Gasteiger partial charge on any atom is -0.456 e. The van der Waals surface area contributed by atoms with Gasteiger partial charge in [-0.3, -0.25) is 4.90 Å². The molecule has 2 N–H and O–H groups in total. The van der Waals surface area contributed by atoms with Crippen LogP contribution in [0.1, 0.15) is 72.3 Å². The second-order valence-electron chi connectivity index (χ2n) is 9.06. The van der Waals surface area contributed by atoms with Gasteiger partial charge in [0.2, 0.25) is 0 Å². The Bertz CT molecular complexity index is 853. The molecule has 3 atom stereocenters. The molecule has 1 saturated heterocycles. The molecule has 4 nitrogen and oxygen atoms in total. The van der Waals surface area contributed by atoms with Crippen LogP contribution in [0.4, 0.5) is 5.00 Å². The number of benzene rings is 1. The Hall–Kier alpha value is -1.85. The van der Waals surface area contributed by atoms with Crippen LogP contribution in [0.25, 0.3) is 0 Å². The van der Waals surface area contributed by atoms with E-state index in [9.17, 15) is 4.79 Å². The number of piperidine rings is 1. The predicted molar refractivity (Wildman–Crippen MR) is 115 cm³/mol. The number of fused-ring (bicyclic) bond motifs is 4. The molecule has 3 unspecified atom stereocenters. The Morgan fingerprint density at radius 2 is 2.00 bits per heavy atom. The second kappa shape index (κ2) is 7.53. The summed E-state index contributed by atoms with van der Waals surface area (Å²) < 4.78 is 5.65. The highest BCUT2D eigenvalue weighted by molar-refractivity contribution is 7.16. The maximum atomic E-state index is 12.8. The lowest BCUT2D eigenvalue weighted by Gasteiger charge is -2.43. The summed E-state index contributed by atoms with van der Waals surface area (Å²) in [6, 6.07) is 11.3. The molecule has 1 fully saturated rings. The zero-order valence-electron chi connectivity index (χ0n) is 17.0. The first-order chi connectivity index (χ1) is 13.3. The number of thiophene rings is 1. The Labute approximate surface area is 171 Å². The Morgan fingerprint density at radius 3 is 2.71 bits per heavy atom. The molecule has 2 bridgehead atoms. The van der Waals surface area contributed by atoms with E-state index in [0.29, 0.717) is 22.5 Å². The first kappa shape index (κ1) is 19.5. The van der Waals surface area contributed by atoms with Gasteiger partial charge in [-0.1, -0.05) is 30.3 Å². The smallest absolute Gasteiger partial charge is 0.341 e. The van der Waals surface area contributed by atoms with Gasteiger partial charge in [0.25, 0.3) is 0 Å². The Morgan fingerprint density at radius 1 is 1.25 bits per heavy atom. The summed E-state index contributed by atoms with van der Waals surface area (Å²) in [5.41, 5.74) is 9.01. The number of aryl methyl sites for hydroxylation is 1. The van der Waals surface area contributed by atoms with E-state index in [2.05, 4.69) is 35.2 Å². The molecule has 1 aromatic carbocycles. The molecule has 0 amide bonds. The van der Waals surface area contributed by atoms with Crippen molar-refractivity contribution >= 4 is 22.3 Å². The Kier molecular flexibility index (Phi) is 5.23. The number of nitrogens with zero attached hydrogens (tertiary/aromatic N) is 1. The summed E-state index contributed by atoms with van der Waals surface area (Å²) in [7, 11) is 0. The molecule has 28 heavy (non-hydrogen) atoms. The van der Waals surface area contributed by atoms with E-state index in [-0.39, 0.29) is 5.97 Å². The number of rotatable bonds is 4. The summed E-state index contributed by atoms with van der Waals surface area (Å²) >= 11 is 1.58. The minimum absolute atomic E-state index is 0.262. The summed E-state index contributed by atoms with van der Waals surface area (Å²) in [6.45, 7) is 7.64. The molecule has 0 radical (unpaired) electrons. The number of nitrogens with two attached hydrogens (primary N) is 1. The maximum absolute atomic E-state index is 12.8. The number of carbonyl (C=O) groups is 1. The molecule has 150 valence electrons. The quantitative estimate of drug-likeness (QED) is 0.738. The first-order valence-corrected chi connectivity index (χ1v) is 11.1. The van der Waals surface area contributed by atoms with E-state index in [1.165, 1.54) is 28.8 Å². The van der Waals surface area contributed by atoms with E-state index >= 15 is 0 Å². The molecule has 2 aliphatic heterocycles. The highest BCUT2D eigenvalue weighted by Crippen LogP contribution is 2.46. The molecule has 0 saturated carbocycles. The van der Waals surface area contributed by atoms with Crippen LogP contribution < -0.4 is 5.73 Å². The van der Waals surface area contributed by atoms with Gasteiger partial charge >= 0.3 is 5.97 Å². The van der Waals surface area contributed by atoms with Crippen molar-refractivity contribution in [3.8, 4) is 0 Å². The fraction of sp³-hybridized carbons (Fsp3) is 0.522. The standard InChI is InChI=1S/C23H30N2O2S/c1-23(2,3)27-22(26)20-19-16-10-12-17(11-9-15-7-5-4-6-8-15)25(13-16)14-18(19)28-21(20)24/h4-8,16-17H,9-14,24H2,1-3H3. The van der Waals surface area contributed by atoms with Crippen LogP contribution in [-0.4, -0.2) is 29.1 Å². The number of ether oxygens (including phenoxy) is 1. The molecule has 5 heteroatoms. The van der Waals surface area contributed by atoms with E-state index in [0.717, 1.165) is 25.9 Å². The molecule has 3 heterocycles. The van der Waals surface area contributed by atoms with Gasteiger partial charge < -0.3 is 10.5 Å². The Balaban J connectivity index is 1.51. The van der Waals surface area contributed by atoms with Gasteiger partial charge in [0.05, 0.1) is 5.56 Å². The van der Waals surface area contributed by atoms with Crippen molar-refractivity contribution in [3.63, 3.8) is 0 Å². The van der Waals surface area contributed by atoms with E-state index in [4.69, 9.17) is 10.5 Å². The van der Waals surface area contributed by atoms with Gasteiger partial charge in [-0.05, 0) is 63.5 Å². The van der Waals surface area contributed by atoms with Crippen molar-refractivity contribution < 1.29 is 9.53 Å². The SMILES string of the molecule is CC(C)(C)OC(=O)c1c(N)sc2c1C1CCC(CCc3ccccc3)N(C2)C1. The number of esters is 1. The van der Waals surface area contributed by atoms with Crippen LogP contribution in [0.5, 0.6) is 0 Å². The average molecular weight is 399 g/mol. The van der Waals surface area contributed by atoms with Crippen LogP contribution in [0.15, 0.2) is 30.3 Å². The summed E-state index contributed by atoms with van der Waals surface area (Å²) in [4.78, 5) is 16.7. The van der Waals surface area contributed by atoms with Crippen molar-refractivity contribution in [1.82, 2.24) is 4.90 Å². The number of hydrogen-bond acceptors (Lipinski definition) is 5. The third kappa shape index (κ3) is 3.96.